The minimum Gasteiger partial charge on any atom is -0.309 e. The summed E-state index contributed by atoms with van der Waals surface area (Å²) in [4.78, 5) is 12.2. The van der Waals surface area contributed by atoms with E-state index in [1.54, 1.807) is 6.92 Å². The third-order valence-electron chi connectivity index (χ3n) is 4.38. The lowest BCUT2D eigenvalue weighted by atomic mass is 9.68. The topological polar surface area (TPSA) is 40.9 Å². The van der Waals surface area contributed by atoms with Gasteiger partial charge in [-0.2, -0.15) is 11.8 Å². The molecule has 17 heavy (non-hydrogen) atoms. The minimum atomic E-state index is -0.0810. The highest BCUT2D eigenvalue weighted by Gasteiger charge is 2.38. The van der Waals surface area contributed by atoms with E-state index in [9.17, 15) is 4.79 Å². The zero-order chi connectivity index (χ0) is 12.4. The highest BCUT2D eigenvalue weighted by Crippen LogP contribution is 2.40. The highest BCUT2D eigenvalue weighted by molar-refractivity contribution is 7.99. The number of hydrogen-bond donors (Lipinski definition) is 1. The molecular formula is C14H23NOS. The Labute approximate surface area is 108 Å². The summed E-state index contributed by atoms with van der Waals surface area (Å²) >= 11 is 2.05. The van der Waals surface area contributed by atoms with E-state index < -0.39 is 0 Å². The van der Waals surface area contributed by atoms with E-state index in [1.165, 1.54) is 24.3 Å². The lowest BCUT2D eigenvalue weighted by Crippen LogP contribution is -2.39. The predicted molar refractivity (Wildman–Crippen MR) is 73.8 cm³/mol. The highest BCUT2D eigenvalue weighted by atomic mass is 32.2. The zero-order valence-electron chi connectivity index (χ0n) is 10.9. The van der Waals surface area contributed by atoms with E-state index in [0.717, 1.165) is 18.8 Å². The number of hydrogen-bond acceptors (Lipinski definition) is 3. The maximum absolute atomic E-state index is 12.2. The second-order valence-corrected chi connectivity index (χ2v) is 6.93. The Bertz CT molecular complexity index is 309. The van der Waals surface area contributed by atoms with Crippen LogP contribution in [-0.4, -0.2) is 23.0 Å². The molecule has 0 spiro atoms. The number of carbonyl (C=O) groups is 1. The Morgan fingerprint density at radius 1 is 1.41 bits per heavy atom. The van der Waals surface area contributed by atoms with Gasteiger partial charge in [0, 0.05) is 12.1 Å². The van der Waals surface area contributed by atoms with Crippen LogP contribution in [0.4, 0.5) is 0 Å². The van der Waals surface area contributed by atoms with Gasteiger partial charge in [-0.25, -0.2) is 0 Å². The van der Waals surface area contributed by atoms with Crippen LogP contribution < -0.4 is 0 Å². The van der Waals surface area contributed by atoms with Gasteiger partial charge in [0.05, 0.1) is 5.92 Å². The Morgan fingerprint density at radius 3 is 2.71 bits per heavy atom. The molecule has 96 valence electrons. The van der Waals surface area contributed by atoms with Crippen LogP contribution in [-0.2, 0) is 4.79 Å². The number of thioether (sulfide) groups is 1. The molecule has 4 atom stereocenters. The van der Waals surface area contributed by atoms with Crippen molar-refractivity contribution in [2.24, 2.45) is 23.7 Å². The summed E-state index contributed by atoms with van der Waals surface area (Å²) in [6.45, 7) is 3.94. The summed E-state index contributed by atoms with van der Waals surface area (Å²) in [7, 11) is 0. The molecule has 0 bridgehead atoms. The van der Waals surface area contributed by atoms with Crippen molar-refractivity contribution in [1.29, 1.82) is 5.41 Å². The van der Waals surface area contributed by atoms with Gasteiger partial charge < -0.3 is 5.41 Å². The van der Waals surface area contributed by atoms with E-state index in [0.29, 0.717) is 23.3 Å². The van der Waals surface area contributed by atoms with Crippen molar-refractivity contribution in [2.45, 2.75) is 39.5 Å². The fraction of sp³-hybridized carbons (Fsp3) is 0.857. The monoisotopic (exact) mass is 253 g/mol. The zero-order valence-corrected chi connectivity index (χ0v) is 11.7. The number of carbonyl (C=O) groups excluding carboxylic acids is 1. The average molecular weight is 253 g/mol. The predicted octanol–water partition coefficient (Wildman–Crippen LogP) is 3.40. The van der Waals surface area contributed by atoms with Gasteiger partial charge in [0.15, 0.2) is 0 Å². The van der Waals surface area contributed by atoms with Crippen molar-refractivity contribution in [3.63, 3.8) is 0 Å². The SMILES string of the molecule is CC(=N)C1C(=O)CC(C2CCCSC2)CC1C. The summed E-state index contributed by atoms with van der Waals surface area (Å²) < 4.78 is 0. The van der Waals surface area contributed by atoms with Crippen LogP contribution in [0, 0.1) is 29.1 Å². The number of nitrogens with one attached hydrogen (secondary N) is 1. The molecule has 2 nitrogen and oxygen atoms in total. The van der Waals surface area contributed by atoms with E-state index >= 15 is 0 Å². The van der Waals surface area contributed by atoms with Crippen molar-refractivity contribution in [3.8, 4) is 0 Å². The molecule has 0 aromatic carbocycles. The first-order valence-electron chi connectivity index (χ1n) is 6.75. The van der Waals surface area contributed by atoms with Crippen LogP contribution in [0.5, 0.6) is 0 Å². The molecule has 2 aliphatic rings. The van der Waals surface area contributed by atoms with Gasteiger partial charge in [-0.15, -0.1) is 0 Å². The van der Waals surface area contributed by atoms with E-state index in [4.69, 9.17) is 5.41 Å². The average Bonchev–Trinajstić information content (AvgIpc) is 2.28. The summed E-state index contributed by atoms with van der Waals surface area (Å²) in [5, 5.41) is 7.73. The number of ketones is 1. The lowest BCUT2D eigenvalue weighted by Gasteiger charge is -2.38. The molecule has 1 aliphatic carbocycles. The molecule has 1 N–H and O–H groups in total. The molecule has 0 amide bonds. The van der Waals surface area contributed by atoms with Crippen LogP contribution in [0.1, 0.15) is 39.5 Å². The van der Waals surface area contributed by atoms with Crippen molar-refractivity contribution in [2.75, 3.05) is 11.5 Å². The molecule has 1 heterocycles. The van der Waals surface area contributed by atoms with Gasteiger partial charge in [-0.05, 0) is 55.4 Å². The summed E-state index contributed by atoms with van der Waals surface area (Å²) in [6.07, 6.45) is 4.52. The van der Waals surface area contributed by atoms with E-state index in [-0.39, 0.29) is 5.92 Å². The second kappa shape index (κ2) is 5.55. The van der Waals surface area contributed by atoms with Gasteiger partial charge in [0.25, 0.3) is 0 Å². The molecule has 4 unspecified atom stereocenters. The first-order valence-corrected chi connectivity index (χ1v) is 7.90. The fourth-order valence-electron chi connectivity index (χ4n) is 3.56. The van der Waals surface area contributed by atoms with Crippen molar-refractivity contribution in [1.82, 2.24) is 0 Å². The van der Waals surface area contributed by atoms with Gasteiger partial charge >= 0.3 is 0 Å². The fourth-order valence-corrected chi connectivity index (χ4v) is 4.84. The van der Waals surface area contributed by atoms with Crippen molar-refractivity contribution < 1.29 is 4.79 Å². The van der Waals surface area contributed by atoms with Gasteiger partial charge in [0.2, 0.25) is 0 Å². The minimum absolute atomic E-state index is 0.0810. The summed E-state index contributed by atoms with van der Waals surface area (Å²) in [6, 6.07) is 0. The maximum atomic E-state index is 12.2. The Hall–Kier alpha value is -0.310. The Balaban J connectivity index is 2.00. The molecule has 2 rings (SSSR count). The van der Waals surface area contributed by atoms with E-state index in [1.807, 2.05) is 0 Å². The lowest BCUT2D eigenvalue weighted by molar-refractivity contribution is -0.126. The third-order valence-corrected chi connectivity index (χ3v) is 5.62. The Morgan fingerprint density at radius 2 is 2.18 bits per heavy atom. The molecule has 2 fully saturated rings. The van der Waals surface area contributed by atoms with Crippen molar-refractivity contribution in [3.05, 3.63) is 0 Å². The van der Waals surface area contributed by atoms with Crippen LogP contribution in [0.2, 0.25) is 0 Å². The molecule has 0 aromatic rings. The van der Waals surface area contributed by atoms with Crippen LogP contribution in [0.15, 0.2) is 0 Å². The summed E-state index contributed by atoms with van der Waals surface area (Å²) in [5.41, 5.74) is 0.568. The van der Waals surface area contributed by atoms with Gasteiger partial charge in [0.1, 0.15) is 5.78 Å². The maximum Gasteiger partial charge on any atom is 0.142 e. The molecule has 0 radical (unpaired) electrons. The second-order valence-electron chi connectivity index (χ2n) is 5.78. The normalized spacial score (nSPS) is 39.1. The smallest absolute Gasteiger partial charge is 0.142 e. The van der Waals surface area contributed by atoms with E-state index in [2.05, 4.69) is 18.7 Å². The van der Waals surface area contributed by atoms with Gasteiger partial charge in [-0.3, -0.25) is 4.79 Å². The standard InChI is InChI=1S/C14H23NOS/c1-9-6-12(11-4-3-5-17-8-11)7-13(16)14(9)10(2)15/h9,11-12,14-15H,3-8H2,1-2H3. The first kappa shape index (κ1) is 13.1. The van der Waals surface area contributed by atoms with Crippen LogP contribution in [0.3, 0.4) is 0 Å². The van der Waals surface area contributed by atoms with Crippen molar-refractivity contribution >= 4 is 23.3 Å². The summed E-state index contributed by atoms with van der Waals surface area (Å²) in [5.74, 6) is 4.53. The molecule has 0 aromatic heterocycles. The molecule has 3 heteroatoms. The molecule has 1 aliphatic heterocycles. The number of rotatable bonds is 2. The first-order chi connectivity index (χ1) is 8.09. The molecule has 1 saturated heterocycles. The molecule has 1 saturated carbocycles. The van der Waals surface area contributed by atoms with Crippen LogP contribution >= 0.6 is 11.8 Å². The number of Topliss-reactive ketones (excluding diaryl/α,β-unsaturated/α-hetero) is 1. The largest absolute Gasteiger partial charge is 0.309 e. The quantitative estimate of drug-likeness (QED) is 0.766. The molecular weight excluding hydrogens is 230 g/mol. The van der Waals surface area contributed by atoms with Gasteiger partial charge in [-0.1, -0.05) is 6.92 Å². The third kappa shape index (κ3) is 2.93. The van der Waals surface area contributed by atoms with Crippen LogP contribution in [0.25, 0.3) is 0 Å². The Kier molecular flexibility index (Phi) is 4.29.